The third-order valence-electron chi connectivity index (χ3n) is 4.45. The number of ether oxygens (including phenoxy) is 1. The fourth-order valence-corrected chi connectivity index (χ4v) is 3.09. The molecule has 1 N–H and O–H groups in total. The highest BCUT2D eigenvalue weighted by atomic mass is 16.6. The van der Waals surface area contributed by atoms with Crippen LogP contribution in [0.3, 0.4) is 0 Å². The van der Waals surface area contributed by atoms with E-state index < -0.39 is 22.7 Å². The Kier molecular flexibility index (Phi) is 5.46. The largest absolute Gasteiger partial charge is 0.507 e. The molecule has 144 valence electrons. The van der Waals surface area contributed by atoms with Gasteiger partial charge in [0.25, 0.3) is 17.4 Å². The minimum absolute atomic E-state index is 0.0823. The van der Waals surface area contributed by atoms with E-state index in [9.17, 15) is 24.8 Å². The van der Waals surface area contributed by atoms with Gasteiger partial charge >= 0.3 is 0 Å². The summed E-state index contributed by atoms with van der Waals surface area (Å²) in [6, 6.07) is 7.67. The number of aromatic nitrogens is 1. The number of carbonyl (C=O) groups excluding carboxylic acids is 2. The summed E-state index contributed by atoms with van der Waals surface area (Å²) < 4.78 is 5.02. The van der Waals surface area contributed by atoms with Gasteiger partial charge in [0.1, 0.15) is 5.76 Å². The molecule has 1 amide bonds. The molecule has 1 aromatic heterocycles. The maximum atomic E-state index is 12.7. The Hall–Kier alpha value is -3.59. The van der Waals surface area contributed by atoms with Gasteiger partial charge in [-0.3, -0.25) is 24.7 Å². The summed E-state index contributed by atoms with van der Waals surface area (Å²) in [5.74, 6) is -1.92. The Bertz CT molecular complexity index is 940. The highest BCUT2D eigenvalue weighted by Gasteiger charge is 2.45. The zero-order valence-electron chi connectivity index (χ0n) is 14.9. The molecule has 1 atom stereocenters. The minimum Gasteiger partial charge on any atom is -0.507 e. The van der Waals surface area contributed by atoms with E-state index in [0.29, 0.717) is 11.1 Å². The van der Waals surface area contributed by atoms with Gasteiger partial charge in [-0.15, -0.1) is 0 Å². The Morgan fingerprint density at radius 3 is 2.43 bits per heavy atom. The number of aliphatic hydroxyl groups is 1. The monoisotopic (exact) mass is 383 g/mol. The summed E-state index contributed by atoms with van der Waals surface area (Å²) >= 11 is 0. The second-order valence-electron chi connectivity index (χ2n) is 6.07. The van der Waals surface area contributed by atoms with Gasteiger partial charge in [-0.2, -0.15) is 0 Å². The number of amides is 1. The number of likely N-dealkylation sites (tertiary alicyclic amines) is 1. The standard InChI is InChI=1S/C19H17N3O6/c1-28-11-10-21-16(12-2-4-14(5-3-12)22(26)27)15(18(24)19(21)25)17(23)13-6-8-20-9-7-13/h2-9,16,23H,10-11H2,1H3. The number of hydrogen-bond donors (Lipinski definition) is 1. The van der Waals surface area contributed by atoms with E-state index in [1.165, 1.54) is 60.8 Å². The van der Waals surface area contributed by atoms with Gasteiger partial charge in [-0.1, -0.05) is 0 Å². The SMILES string of the molecule is COCCN1C(=O)C(=O)C(=C(O)c2ccncc2)C1c1ccc([N+](=O)[O-])cc1. The van der Waals surface area contributed by atoms with Crippen LogP contribution in [0.15, 0.2) is 54.4 Å². The normalized spacial score (nSPS) is 18.5. The number of nitro benzene ring substituents is 1. The molecule has 2 heterocycles. The summed E-state index contributed by atoms with van der Waals surface area (Å²) in [5, 5.41) is 21.7. The molecule has 1 aliphatic heterocycles. The molecule has 9 nitrogen and oxygen atoms in total. The molecule has 28 heavy (non-hydrogen) atoms. The number of benzene rings is 1. The molecule has 3 rings (SSSR count). The van der Waals surface area contributed by atoms with Gasteiger partial charge in [-0.05, 0) is 29.8 Å². The molecule has 0 radical (unpaired) electrons. The van der Waals surface area contributed by atoms with Gasteiger partial charge in [0.05, 0.1) is 23.1 Å². The lowest BCUT2D eigenvalue weighted by atomic mass is 9.95. The predicted molar refractivity (Wildman–Crippen MR) is 98.2 cm³/mol. The van der Waals surface area contributed by atoms with Gasteiger partial charge in [-0.25, -0.2) is 0 Å². The van der Waals surface area contributed by atoms with Crippen molar-refractivity contribution in [3.63, 3.8) is 0 Å². The van der Waals surface area contributed by atoms with Crippen LogP contribution in [0.25, 0.3) is 5.76 Å². The molecule has 1 unspecified atom stereocenters. The summed E-state index contributed by atoms with van der Waals surface area (Å²) in [6.07, 6.45) is 2.91. The fourth-order valence-electron chi connectivity index (χ4n) is 3.09. The fraction of sp³-hybridized carbons (Fsp3) is 0.211. The van der Waals surface area contributed by atoms with Crippen molar-refractivity contribution in [3.8, 4) is 0 Å². The van der Waals surface area contributed by atoms with Crippen molar-refractivity contribution < 1.29 is 24.4 Å². The smallest absolute Gasteiger partial charge is 0.295 e. The quantitative estimate of drug-likeness (QED) is 0.266. The molecule has 2 aromatic rings. The van der Waals surface area contributed by atoms with Crippen molar-refractivity contribution in [2.24, 2.45) is 0 Å². The van der Waals surface area contributed by atoms with Crippen molar-refractivity contribution in [2.45, 2.75) is 6.04 Å². The third-order valence-corrected chi connectivity index (χ3v) is 4.45. The van der Waals surface area contributed by atoms with Crippen LogP contribution < -0.4 is 0 Å². The van der Waals surface area contributed by atoms with E-state index >= 15 is 0 Å². The summed E-state index contributed by atoms with van der Waals surface area (Å²) in [7, 11) is 1.47. The predicted octanol–water partition coefficient (Wildman–Crippen LogP) is 2.06. The maximum Gasteiger partial charge on any atom is 0.295 e. The van der Waals surface area contributed by atoms with Gasteiger partial charge < -0.3 is 14.7 Å². The lowest BCUT2D eigenvalue weighted by Crippen LogP contribution is -2.32. The zero-order valence-corrected chi connectivity index (χ0v) is 14.9. The first-order valence-electron chi connectivity index (χ1n) is 8.37. The molecule has 0 aliphatic carbocycles. The van der Waals surface area contributed by atoms with Gasteiger partial charge in [0, 0.05) is 43.7 Å². The number of methoxy groups -OCH3 is 1. The van der Waals surface area contributed by atoms with E-state index in [1.54, 1.807) is 0 Å². The number of non-ortho nitro benzene ring substituents is 1. The second-order valence-corrected chi connectivity index (χ2v) is 6.07. The van der Waals surface area contributed by atoms with Crippen LogP contribution in [-0.2, 0) is 14.3 Å². The number of rotatable bonds is 6. The number of pyridine rings is 1. The highest BCUT2D eigenvalue weighted by Crippen LogP contribution is 2.39. The van der Waals surface area contributed by atoms with Crippen LogP contribution in [0.5, 0.6) is 0 Å². The van der Waals surface area contributed by atoms with Crippen LogP contribution >= 0.6 is 0 Å². The number of nitro groups is 1. The van der Waals surface area contributed by atoms with E-state index in [1.807, 2.05) is 0 Å². The molecule has 0 saturated carbocycles. The number of Topliss-reactive ketones (excluding diaryl/α,β-unsaturated/α-hetero) is 1. The van der Waals surface area contributed by atoms with Gasteiger partial charge in [0.2, 0.25) is 0 Å². The van der Waals surface area contributed by atoms with Crippen molar-refractivity contribution >= 4 is 23.1 Å². The van der Waals surface area contributed by atoms with E-state index in [4.69, 9.17) is 4.74 Å². The van der Waals surface area contributed by atoms with Gasteiger partial charge in [0.15, 0.2) is 0 Å². The summed E-state index contributed by atoms with van der Waals surface area (Å²) in [5.41, 5.74) is 0.607. The van der Waals surface area contributed by atoms with Crippen molar-refractivity contribution in [2.75, 3.05) is 20.3 Å². The molecule has 0 bridgehead atoms. The molecule has 1 aliphatic rings. The number of aliphatic hydroxyl groups excluding tert-OH is 1. The molecular formula is C19H17N3O6. The molecule has 0 spiro atoms. The molecule has 1 fully saturated rings. The first-order chi connectivity index (χ1) is 13.5. The molecule has 1 saturated heterocycles. The van der Waals surface area contributed by atoms with Crippen LogP contribution in [0.4, 0.5) is 5.69 Å². The first kappa shape index (κ1) is 19.2. The lowest BCUT2D eigenvalue weighted by molar-refractivity contribution is -0.384. The molecular weight excluding hydrogens is 366 g/mol. The van der Waals surface area contributed by atoms with E-state index in [-0.39, 0.29) is 30.2 Å². The molecule has 9 heteroatoms. The van der Waals surface area contributed by atoms with Crippen LogP contribution in [0, 0.1) is 10.1 Å². The first-order valence-corrected chi connectivity index (χ1v) is 8.37. The van der Waals surface area contributed by atoms with Crippen LogP contribution in [0.2, 0.25) is 0 Å². The topological polar surface area (TPSA) is 123 Å². The van der Waals surface area contributed by atoms with Crippen molar-refractivity contribution in [1.82, 2.24) is 9.88 Å². The number of ketones is 1. The van der Waals surface area contributed by atoms with Crippen LogP contribution in [-0.4, -0.2) is 51.9 Å². The Labute approximate surface area is 160 Å². The van der Waals surface area contributed by atoms with E-state index in [2.05, 4.69) is 4.98 Å². The zero-order chi connectivity index (χ0) is 20.3. The average Bonchev–Trinajstić information content (AvgIpc) is 2.97. The highest BCUT2D eigenvalue weighted by molar-refractivity contribution is 6.46. The maximum absolute atomic E-state index is 12.7. The summed E-state index contributed by atoms with van der Waals surface area (Å²) in [6.45, 7) is 0.307. The van der Waals surface area contributed by atoms with Crippen molar-refractivity contribution in [1.29, 1.82) is 0 Å². The minimum atomic E-state index is -0.885. The second kappa shape index (κ2) is 7.97. The van der Waals surface area contributed by atoms with Crippen molar-refractivity contribution in [3.05, 3.63) is 75.6 Å². The van der Waals surface area contributed by atoms with Crippen LogP contribution in [0.1, 0.15) is 17.2 Å². The Morgan fingerprint density at radius 1 is 1.21 bits per heavy atom. The van der Waals surface area contributed by atoms with E-state index in [0.717, 1.165) is 0 Å². The lowest BCUT2D eigenvalue weighted by Gasteiger charge is -2.25. The Balaban J connectivity index is 2.14. The average molecular weight is 383 g/mol. The number of nitrogens with zero attached hydrogens (tertiary/aromatic N) is 3. The Morgan fingerprint density at radius 2 is 1.86 bits per heavy atom. The third kappa shape index (κ3) is 3.47. The summed E-state index contributed by atoms with van der Waals surface area (Å²) in [4.78, 5) is 40.8. The number of hydrogen-bond acceptors (Lipinski definition) is 7. The molecule has 1 aromatic carbocycles. The number of carbonyl (C=O) groups is 2.